The average molecular weight is 239 g/mol. The second-order valence-electron chi connectivity index (χ2n) is 4.76. The number of amides is 1. The van der Waals surface area contributed by atoms with Crippen molar-refractivity contribution >= 4 is 5.91 Å². The molecule has 17 heavy (non-hydrogen) atoms. The van der Waals surface area contributed by atoms with E-state index in [0.29, 0.717) is 0 Å². The zero-order valence-corrected chi connectivity index (χ0v) is 11.3. The number of carbonyl (C=O) groups is 1. The Morgan fingerprint density at radius 1 is 1.47 bits per heavy atom. The van der Waals surface area contributed by atoms with E-state index in [0.717, 1.165) is 17.0 Å². The molecule has 5 heteroatoms. The molecule has 0 saturated carbocycles. The molecule has 96 valence electrons. The van der Waals surface area contributed by atoms with Gasteiger partial charge in [-0.25, -0.2) is 0 Å². The number of rotatable bonds is 4. The van der Waals surface area contributed by atoms with E-state index in [2.05, 4.69) is 15.5 Å². The van der Waals surface area contributed by atoms with Crippen molar-refractivity contribution in [1.82, 2.24) is 15.5 Å². The van der Waals surface area contributed by atoms with Crippen LogP contribution in [0, 0.1) is 13.8 Å². The summed E-state index contributed by atoms with van der Waals surface area (Å²) in [5.41, 5.74) is 2.10. The molecule has 1 rings (SSSR count). The van der Waals surface area contributed by atoms with Crippen molar-refractivity contribution in [2.75, 3.05) is 7.11 Å². The van der Waals surface area contributed by atoms with Crippen molar-refractivity contribution < 1.29 is 9.53 Å². The van der Waals surface area contributed by atoms with Gasteiger partial charge in [-0.3, -0.25) is 9.89 Å². The Hall–Kier alpha value is -1.36. The smallest absolute Gasteiger partial charge is 0.252 e. The van der Waals surface area contributed by atoms with Gasteiger partial charge in [0.1, 0.15) is 5.60 Å². The van der Waals surface area contributed by atoms with Crippen LogP contribution in [0.4, 0.5) is 0 Å². The monoisotopic (exact) mass is 239 g/mol. The van der Waals surface area contributed by atoms with Crippen LogP contribution in [-0.2, 0) is 9.53 Å². The number of hydrogen-bond acceptors (Lipinski definition) is 3. The van der Waals surface area contributed by atoms with E-state index in [4.69, 9.17) is 4.74 Å². The Bertz CT molecular complexity index is 390. The lowest BCUT2D eigenvalue weighted by atomic mass is 10.0. The number of hydrogen-bond donors (Lipinski definition) is 2. The SMILES string of the molecule is COC(C)(C)C(=O)N[C@H](C)c1c(C)n[nH]c1C. The quantitative estimate of drug-likeness (QED) is 0.839. The minimum atomic E-state index is -0.820. The Balaban J connectivity index is 2.80. The summed E-state index contributed by atoms with van der Waals surface area (Å²) in [5.74, 6) is -0.132. The van der Waals surface area contributed by atoms with Gasteiger partial charge in [0.25, 0.3) is 5.91 Å². The number of carbonyl (C=O) groups excluding carboxylic acids is 1. The summed E-state index contributed by atoms with van der Waals surface area (Å²) in [6.45, 7) is 9.28. The van der Waals surface area contributed by atoms with Gasteiger partial charge >= 0.3 is 0 Å². The van der Waals surface area contributed by atoms with Crippen LogP contribution in [0.15, 0.2) is 0 Å². The third-order valence-electron chi connectivity index (χ3n) is 3.02. The molecular formula is C12H21N3O2. The fourth-order valence-corrected chi connectivity index (χ4v) is 1.73. The summed E-state index contributed by atoms with van der Waals surface area (Å²) in [7, 11) is 1.53. The molecule has 1 atom stereocenters. The summed E-state index contributed by atoms with van der Waals surface area (Å²) in [6, 6.07) is -0.0873. The van der Waals surface area contributed by atoms with Gasteiger partial charge in [-0.2, -0.15) is 5.10 Å². The fourth-order valence-electron chi connectivity index (χ4n) is 1.73. The maximum absolute atomic E-state index is 12.0. The average Bonchev–Trinajstić information content (AvgIpc) is 2.58. The van der Waals surface area contributed by atoms with Crippen molar-refractivity contribution in [1.29, 1.82) is 0 Å². The van der Waals surface area contributed by atoms with Crippen LogP contribution in [0.2, 0.25) is 0 Å². The predicted octanol–water partition coefficient (Wildman–Crippen LogP) is 1.63. The Morgan fingerprint density at radius 2 is 2.06 bits per heavy atom. The Labute approximate surface area is 102 Å². The lowest BCUT2D eigenvalue weighted by Gasteiger charge is -2.24. The predicted molar refractivity (Wildman–Crippen MR) is 65.7 cm³/mol. The van der Waals surface area contributed by atoms with Crippen molar-refractivity contribution in [3.05, 3.63) is 17.0 Å². The molecule has 0 aliphatic heterocycles. The molecule has 0 aromatic carbocycles. The van der Waals surface area contributed by atoms with E-state index in [1.54, 1.807) is 13.8 Å². The highest BCUT2D eigenvalue weighted by molar-refractivity contribution is 5.84. The van der Waals surface area contributed by atoms with Gasteiger partial charge in [-0.1, -0.05) is 0 Å². The fraction of sp³-hybridized carbons (Fsp3) is 0.667. The number of nitrogens with one attached hydrogen (secondary N) is 2. The van der Waals surface area contributed by atoms with E-state index < -0.39 is 5.60 Å². The van der Waals surface area contributed by atoms with Crippen LogP contribution in [-0.4, -0.2) is 28.8 Å². The Kier molecular flexibility index (Phi) is 3.93. The van der Waals surface area contributed by atoms with Gasteiger partial charge in [-0.15, -0.1) is 0 Å². The summed E-state index contributed by atoms with van der Waals surface area (Å²) < 4.78 is 5.14. The first-order valence-electron chi connectivity index (χ1n) is 5.67. The first-order chi connectivity index (χ1) is 7.79. The van der Waals surface area contributed by atoms with E-state index in [-0.39, 0.29) is 11.9 Å². The van der Waals surface area contributed by atoms with Crippen molar-refractivity contribution in [3.8, 4) is 0 Å². The molecular weight excluding hydrogens is 218 g/mol. The third-order valence-corrected chi connectivity index (χ3v) is 3.02. The lowest BCUT2D eigenvalue weighted by Crippen LogP contribution is -2.44. The molecule has 0 bridgehead atoms. The summed E-state index contributed by atoms with van der Waals surface area (Å²) in [5, 5.41) is 9.96. The first-order valence-corrected chi connectivity index (χ1v) is 5.67. The van der Waals surface area contributed by atoms with Gasteiger partial charge in [0, 0.05) is 18.4 Å². The molecule has 0 fully saturated rings. The largest absolute Gasteiger partial charge is 0.369 e. The second kappa shape index (κ2) is 4.87. The third kappa shape index (κ3) is 2.85. The number of ether oxygens (including phenoxy) is 1. The minimum Gasteiger partial charge on any atom is -0.369 e. The van der Waals surface area contributed by atoms with E-state index in [1.165, 1.54) is 7.11 Å². The van der Waals surface area contributed by atoms with Crippen LogP contribution < -0.4 is 5.32 Å². The first kappa shape index (κ1) is 13.7. The maximum atomic E-state index is 12.0. The molecule has 1 aromatic heterocycles. The zero-order valence-electron chi connectivity index (χ0n) is 11.3. The molecule has 0 spiro atoms. The number of aromatic nitrogens is 2. The van der Waals surface area contributed by atoms with Gasteiger partial charge in [0.2, 0.25) is 0 Å². The van der Waals surface area contributed by atoms with Crippen molar-refractivity contribution in [3.63, 3.8) is 0 Å². The van der Waals surface area contributed by atoms with Crippen LogP contribution in [0.25, 0.3) is 0 Å². The van der Waals surface area contributed by atoms with Crippen LogP contribution in [0.5, 0.6) is 0 Å². The van der Waals surface area contributed by atoms with Gasteiger partial charge < -0.3 is 10.1 Å². The maximum Gasteiger partial charge on any atom is 0.252 e. The molecule has 1 heterocycles. The molecule has 2 N–H and O–H groups in total. The van der Waals surface area contributed by atoms with E-state index in [9.17, 15) is 4.79 Å². The number of H-pyrrole nitrogens is 1. The molecule has 0 unspecified atom stereocenters. The minimum absolute atomic E-state index is 0.0873. The highest BCUT2D eigenvalue weighted by atomic mass is 16.5. The normalized spacial score (nSPS) is 13.5. The summed E-state index contributed by atoms with van der Waals surface area (Å²) in [6.07, 6.45) is 0. The number of aromatic amines is 1. The second-order valence-corrected chi connectivity index (χ2v) is 4.76. The van der Waals surface area contributed by atoms with E-state index >= 15 is 0 Å². The topological polar surface area (TPSA) is 67.0 Å². The molecule has 0 radical (unpaired) electrons. The number of nitrogens with zero attached hydrogens (tertiary/aromatic N) is 1. The molecule has 1 aromatic rings. The molecule has 1 amide bonds. The molecule has 0 aliphatic carbocycles. The zero-order chi connectivity index (χ0) is 13.2. The van der Waals surface area contributed by atoms with Crippen LogP contribution >= 0.6 is 0 Å². The van der Waals surface area contributed by atoms with Crippen molar-refractivity contribution in [2.24, 2.45) is 0 Å². The van der Waals surface area contributed by atoms with Crippen LogP contribution in [0.1, 0.15) is 43.8 Å². The van der Waals surface area contributed by atoms with Gasteiger partial charge in [0.15, 0.2) is 0 Å². The molecule has 0 aliphatic rings. The van der Waals surface area contributed by atoms with Crippen molar-refractivity contribution in [2.45, 2.75) is 46.3 Å². The molecule has 0 saturated heterocycles. The van der Waals surface area contributed by atoms with E-state index in [1.807, 2.05) is 20.8 Å². The molecule has 5 nitrogen and oxygen atoms in total. The summed E-state index contributed by atoms with van der Waals surface area (Å²) in [4.78, 5) is 12.0. The number of aryl methyl sites for hydroxylation is 2. The highest BCUT2D eigenvalue weighted by Gasteiger charge is 2.29. The lowest BCUT2D eigenvalue weighted by molar-refractivity contribution is -0.140. The van der Waals surface area contributed by atoms with Crippen LogP contribution in [0.3, 0.4) is 0 Å². The highest BCUT2D eigenvalue weighted by Crippen LogP contribution is 2.20. The standard InChI is InChI=1S/C12H21N3O2/c1-7(10-8(2)14-15-9(10)3)13-11(16)12(4,5)17-6/h7H,1-6H3,(H,13,16)(H,14,15)/t7-/m1/s1. The van der Waals surface area contributed by atoms with Gasteiger partial charge in [-0.05, 0) is 34.6 Å². The summed E-state index contributed by atoms with van der Waals surface area (Å²) >= 11 is 0. The van der Waals surface area contributed by atoms with Gasteiger partial charge in [0.05, 0.1) is 11.7 Å². The Morgan fingerprint density at radius 3 is 2.47 bits per heavy atom. The number of methoxy groups -OCH3 is 1.